The normalized spacial score (nSPS) is 11.6. The number of carbonyl (C=O) groups is 2. The second kappa shape index (κ2) is 13.3. The predicted octanol–water partition coefficient (Wildman–Crippen LogP) is 4.25. The van der Waals surface area contributed by atoms with E-state index >= 15 is 0 Å². The lowest BCUT2D eigenvalue weighted by atomic mass is 10.1. The molecule has 25 heavy (non-hydrogen) atoms. The third-order valence-corrected chi connectivity index (χ3v) is 3.88. The summed E-state index contributed by atoms with van der Waals surface area (Å²) in [6.07, 6.45) is 6.56. The zero-order valence-corrected chi connectivity index (χ0v) is 15.5. The first kappa shape index (κ1) is 21.0. The summed E-state index contributed by atoms with van der Waals surface area (Å²) in [5.74, 6) is -0.412. The van der Waals surface area contributed by atoms with E-state index in [0.717, 1.165) is 18.4 Å². The highest BCUT2D eigenvalue weighted by atomic mass is 16.6. The molecule has 1 aromatic rings. The van der Waals surface area contributed by atoms with E-state index in [4.69, 9.17) is 9.47 Å². The van der Waals surface area contributed by atoms with Crippen molar-refractivity contribution in [1.29, 1.82) is 0 Å². The molecule has 0 heterocycles. The van der Waals surface area contributed by atoms with Crippen LogP contribution in [0.25, 0.3) is 0 Å². The quantitative estimate of drug-likeness (QED) is 0.453. The molecule has 0 radical (unpaired) electrons. The van der Waals surface area contributed by atoms with Crippen molar-refractivity contribution in [1.82, 2.24) is 5.32 Å². The van der Waals surface area contributed by atoms with Gasteiger partial charge in [-0.15, -0.1) is 0 Å². The maximum atomic E-state index is 12.3. The SMILES string of the molecule is CCCCCCCCOC(=O)[C@H](Cc1ccccc1)NC(=O)OCC. The molecule has 1 atom stereocenters. The van der Waals surface area contributed by atoms with Crippen LogP contribution in [0.5, 0.6) is 0 Å². The lowest BCUT2D eigenvalue weighted by molar-refractivity contribution is -0.146. The maximum Gasteiger partial charge on any atom is 0.407 e. The number of alkyl carbamates (subject to hydrolysis) is 1. The van der Waals surface area contributed by atoms with E-state index in [9.17, 15) is 9.59 Å². The first-order chi connectivity index (χ1) is 12.2. The third kappa shape index (κ3) is 9.75. The summed E-state index contributed by atoms with van der Waals surface area (Å²) in [5.41, 5.74) is 0.959. The summed E-state index contributed by atoms with van der Waals surface area (Å²) < 4.78 is 10.2. The van der Waals surface area contributed by atoms with Gasteiger partial charge in [-0.1, -0.05) is 69.4 Å². The summed E-state index contributed by atoms with van der Waals surface area (Å²) in [5, 5.41) is 2.60. The Kier molecular flexibility index (Phi) is 11.2. The predicted molar refractivity (Wildman–Crippen MR) is 98.4 cm³/mol. The zero-order valence-electron chi connectivity index (χ0n) is 15.5. The Morgan fingerprint density at radius 1 is 0.960 bits per heavy atom. The lowest BCUT2D eigenvalue weighted by Gasteiger charge is -2.17. The van der Waals surface area contributed by atoms with Crippen molar-refractivity contribution in [2.75, 3.05) is 13.2 Å². The molecule has 0 fully saturated rings. The van der Waals surface area contributed by atoms with Crippen molar-refractivity contribution in [3.8, 4) is 0 Å². The molecule has 0 aliphatic carbocycles. The maximum absolute atomic E-state index is 12.3. The van der Waals surface area contributed by atoms with Crippen LogP contribution in [0.2, 0.25) is 0 Å². The fourth-order valence-electron chi connectivity index (χ4n) is 2.51. The number of esters is 1. The van der Waals surface area contributed by atoms with Crippen LogP contribution in [-0.4, -0.2) is 31.3 Å². The van der Waals surface area contributed by atoms with Crippen LogP contribution in [-0.2, 0) is 20.7 Å². The van der Waals surface area contributed by atoms with Gasteiger partial charge in [0.25, 0.3) is 0 Å². The lowest BCUT2D eigenvalue weighted by Crippen LogP contribution is -2.43. The molecule has 1 aromatic carbocycles. The molecule has 1 rings (SSSR count). The smallest absolute Gasteiger partial charge is 0.407 e. The fraction of sp³-hybridized carbons (Fsp3) is 0.600. The number of benzene rings is 1. The summed E-state index contributed by atoms with van der Waals surface area (Å²) in [6.45, 7) is 4.56. The van der Waals surface area contributed by atoms with Gasteiger partial charge in [-0.2, -0.15) is 0 Å². The molecule has 1 N–H and O–H groups in total. The number of rotatable bonds is 12. The molecule has 0 bridgehead atoms. The van der Waals surface area contributed by atoms with E-state index < -0.39 is 18.1 Å². The van der Waals surface area contributed by atoms with Crippen molar-refractivity contribution in [3.63, 3.8) is 0 Å². The second-order valence-corrected chi connectivity index (χ2v) is 6.04. The number of hydrogen-bond donors (Lipinski definition) is 1. The van der Waals surface area contributed by atoms with Gasteiger partial charge in [0.2, 0.25) is 0 Å². The Bertz CT molecular complexity index is 490. The van der Waals surface area contributed by atoms with Crippen molar-refractivity contribution in [2.45, 2.75) is 64.8 Å². The van der Waals surface area contributed by atoms with Gasteiger partial charge in [0.15, 0.2) is 0 Å². The second-order valence-electron chi connectivity index (χ2n) is 6.04. The van der Waals surface area contributed by atoms with Crippen molar-refractivity contribution < 1.29 is 19.1 Å². The Balaban J connectivity index is 2.44. The summed E-state index contributed by atoms with van der Waals surface area (Å²) in [6, 6.07) is 8.81. The molecule has 0 aromatic heterocycles. The molecule has 140 valence electrons. The topological polar surface area (TPSA) is 64.6 Å². The van der Waals surface area contributed by atoms with Crippen LogP contribution in [0.15, 0.2) is 30.3 Å². The van der Waals surface area contributed by atoms with Gasteiger partial charge in [-0.05, 0) is 18.9 Å². The standard InChI is InChI=1S/C20H31NO4/c1-3-5-6-7-8-12-15-25-19(22)18(21-20(23)24-4-2)16-17-13-10-9-11-14-17/h9-11,13-14,18H,3-8,12,15-16H2,1-2H3,(H,21,23)/t18-/m0/s1. The monoisotopic (exact) mass is 349 g/mol. The van der Waals surface area contributed by atoms with Crippen molar-refractivity contribution in [3.05, 3.63) is 35.9 Å². The number of hydrogen-bond acceptors (Lipinski definition) is 4. The average Bonchev–Trinajstić information content (AvgIpc) is 2.61. The molecular formula is C20H31NO4. The highest BCUT2D eigenvalue weighted by Crippen LogP contribution is 2.08. The highest BCUT2D eigenvalue weighted by molar-refractivity contribution is 5.81. The van der Waals surface area contributed by atoms with Crippen LogP contribution in [0.1, 0.15) is 57.9 Å². The molecule has 5 heteroatoms. The largest absolute Gasteiger partial charge is 0.464 e. The van der Waals surface area contributed by atoms with Gasteiger partial charge >= 0.3 is 12.1 Å². The van der Waals surface area contributed by atoms with Crippen LogP contribution >= 0.6 is 0 Å². The molecule has 0 saturated carbocycles. The molecule has 0 saturated heterocycles. The number of amides is 1. The Morgan fingerprint density at radius 2 is 1.64 bits per heavy atom. The number of ether oxygens (including phenoxy) is 2. The van der Waals surface area contributed by atoms with Gasteiger partial charge in [-0.25, -0.2) is 9.59 Å². The van der Waals surface area contributed by atoms with Gasteiger partial charge in [0.1, 0.15) is 6.04 Å². The van der Waals surface area contributed by atoms with E-state index in [0.29, 0.717) is 13.0 Å². The van der Waals surface area contributed by atoms with Gasteiger partial charge in [-0.3, -0.25) is 0 Å². The summed E-state index contributed by atoms with van der Waals surface area (Å²) >= 11 is 0. The molecule has 0 spiro atoms. The van der Waals surface area contributed by atoms with Crippen molar-refractivity contribution in [2.24, 2.45) is 0 Å². The summed E-state index contributed by atoms with van der Waals surface area (Å²) in [7, 11) is 0. The molecule has 1 amide bonds. The van der Waals surface area contributed by atoms with Crippen LogP contribution < -0.4 is 5.32 Å². The number of carbonyl (C=O) groups excluding carboxylic acids is 2. The Morgan fingerprint density at radius 3 is 2.32 bits per heavy atom. The molecule has 5 nitrogen and oxygen atoms in total. The zero-order chi connectivity index (χ0) is 18.3. The molecule has 0 aliphatic rings. The van der Waals surface area contributed by atoms with Crippen LogP contribution in [0.3, 0.4) is 0 Å². The first-order valence-corrected chi connectivity index (χ1v) is 9.31. The molecule has 0 unspecified atom stereocenters. The van der Waals surface area contributed by atoms with Gasteiger partial charge < -0.3 is 14.8 Å². The van der Waals surface area contributed by atoms with Crippen LogP contribution in [0.4, 0.5) is 4.79 Å². The molecular weight excluding hydrogens is 318 g/mol. The summed E-state index contributed by atoms with van der Waals surface area (Å²) in [4.78, 5) is 24.0. The molecule has 0 aliphatic heterocycles. The number of nitrogens with one attached hydrogen (secondary N) is 1. The van der Waals surface area contributed by atoms with E-state index in [1.54, 1.807) is 6.92 Å². The van der Waals surface area contributed by atoms with Gasteiger partial charge in [0.05, 0.1) is 13.2 Å². The van der Waals surface area contributed by atoms with Gasteiger partial charge in [0, 0.05) is 6.42 Å². The van der Waals surface area contributed by atoms with E-state index in [2.05, 4.69) is 12.2 Å². The third-order valence-electron chi connectivity index (χ3n) is 3.88. The van der Waals surface area contributed by atoms with E-state index in [-0.39, 0.29) is 6.61 Å². The highest BCUT2D eigenvalue weighted by Gasteiger charge is 2.23. The fourth-order valence-corrected chi connectivity index (χ4v) is 2.51. The van der Waals surface area contributed by atoms with Crippen LogP contribution in [0, 0.1) is 0 Å². The van der Waals surface area contributed by atoms with E-state index in [1.165, 1.54) is 25.7 Å². The minimum absolute atomic E-state index is 0.261. The Hall–Kier alpha value is -2.04. The van der Waals surface area contributed by atoms with Crippen molar-refractivity contribution >= 4 is 12.1 Å². The number of unbranched alkanes of at least 4 members (excludes halogenated alkanes) is 5. The Labute approximate surface area is 151 Å². The minimum Gasteiger partial charge on any atom is -0.464 e. The average molecular weight is 349 g/mol. The first-order valence-electron chi connectivity index (χ1n) is 9.31. The van der Waals surface area contributed by atoms with E-state index in [1.807, 2.05) is 30.3 Å². The minimum atomic E-state index is -0.735.